The molecule has 0 heterocycles. The van der Waals surface area contributed by atoms with Gasteiger partial charge in [0.05, 0.1) is 0 Å². The van der Waals surface area contributed by atoms with Crippen LogP contribution in [0.2, 0.25) is 0 Å². The smallest absolute Gasteiger partial charge is 0.317 e. The highest BCUT2D eigenvalue weighted by Gasteiger charge is 2.20. The van der Waals surface area contributed by atoms with E-state index in [1.165, 1.54) is 38.5 Å². The summed E-state index contributed by atoms with van der Waals surface area (Å²) in [6, 6.07) is 0.877. The average Bonchev–Trinajstić information content (AvgIpc) is 2.39. The van der Waals surface area contributed by atoms with Gasteiger partial charge in [-0.05, 0) is 26.2 Å². The number of nitrogens with zero attached hydrogens (tertiary/aromatic N) is 1. The second-order valence-corrected chi connectivity index (χ2v) is 5.74. The SMILES string of the molecule is CCCCC[C@@H](C)N(C)C(=O)NC1CCCCC1. The molecule has 1 aliphatic rings. The van der Waals surface area contributed by atoms with E-state index in [0.29, 0.717) is 12.1 Å². The molecule has 18 heavy (non-hydrogen) atoms. The maximum Gasteiger partial charge on any atom is 0.317 e. The molecule has 1 fully saturated rings. The van der Waals surface area contributed by atoms with Crippen LogP contribution in [0.1, 0.15) is 71.6 Å². The second kappa shape index (κ2) is 8.39. The standard InChI is InChI=1S/C15H30N2O/c1-4-5-7-10-13(2)17(3)15(18)16-14-11-8-6-9-12-14/h13-14H,4-12H2,1-3H3,(H,16,18)/t13-/m1/s1. The zero-order valence-electron chi connectivity index (χ0n) is 12.4. The molecule has 0 aromatic rings. The number of urea groups is 1. The van der Waals surface area contributed by atoms with E-state index in [1.54, 1.807) is 0 Å². The van der Waals surface area contributed by atoms with Gasteiger partial charge in [0.1, 0.15) is 0 Å². The maximum absolute atomic E-state index is 12.1. The third kappa shape index (κ3) is 5.28. The summed E-state index contributed by atoms with van der Waals surface area (Å²) in [7, 11) is 1.93. The quantitative estimate of drug-likeness (QED) is 0.716. The first-order valence-corrected chi connectivity index (χ1v) is 7.68. The van der Waals surface area contributed by atoms with Crippen LogP contribution in [-0.4, -0.2) is 30.1 Å². The first kappa shape index (κ1) is 15.3. The molecule has 0 unspecified atom stereocenters. The molecule has 2 amide bonds. The summed E-state index contributed by atoms with van der Waals surface area (Å²) in [4.78, 5) is 14.0. The minimum Gasteiger partial charge on any atom is -0.335 e. The Morgan fingerprint density at radius 2 is 1.94 bits per heavy atom. The van der Waals surface area contributed by atoms with Crippen molar-refractivity contribution in [3.8, 4) is 0 Å². The fourth-order valence-corrected chi connectivity index (χ4v) is 2.61. The van der Waals surface area contributed by atoms with E-state index in [1.807, 2.05) is 11.9 Å². The number of carbonyl (C=O) groups is 1. The molecule has 0 aliphatic heterocycles. The molecule has 0 radical (unpaired) electrons. The summed E-state index contributed by atoms with van der Waals surface area (Å²) >= 11 is 0. The number of amides is 2. The van der Waals surface area contributed by atoms with E-state index >= 15 is 0 Å². The summed E-state index contributed by atoms with van der Waals surface area (Å²) in [6.45, 7) is 4.36. The molecule has 0 saturated heterocycles. The fourth-order valence-electron chi connectivity index (χ4n) is 2.61. The van der Waals surface area contributed by atoms with Crippen molar-refractivity contribution in [3.63, 3.8) is 0 Å². The van der Waals surface area contributed by atoms with Gasteiger partial charge in [-0.3, -0.25) is 0 Å². The molecule has 1 saturated carbocycles. The van der Waals surface area contributed by atoms with E-state index in [9.17, 15) is 4.79 Å². The number of nitrogens with one attached hydrogen (secondary N) is 1. The molecular formula is C15H30N2O. The van der Waals surface area contributed by atoms with Gasteiger partial charge in [-0.1, -0.05) is 45.4 Å². The van der Waals surface area contributed by atoms with Gasteiger partial charge in [0.25, 0.3) is 0 Å². The van der Waals surface area contributed by atoms with E-state index in [0.717, 1.165) is 19.3 Å². The van der Waals surface area contributed by atoms with Crippen LogP contribution < -0.4 is 5.32 Å². The highest BCUT2D eigenvalue weighted by atomic mass is 16.2. The molecule has 1 N–H and O–H groups in total. The van der Waals surface area contributed by atoms with E-state index < -0.39 is 0 Å². The Hall–Kier alpha value is -0.730. The van der Waals surface area contributed by atoms with E-state index in [-0.39, 0.29) is 6.03 Å². The molecular weight excluding hydrogens is 224 g/mol. The van der Waals surface area contributed by atoms with Gasteiger partial charge >= 0.3 is 6.03 Å². The van der Waals surface area contributed by atoms with Crippen molar-refractivity contribution in [3.05, 3.63) is 0 Å². The highest BCUT2D eigenvalue weighted by molar-refractivity contribution is 5.74. The Labute approximate surface area is 112 Å². The lowest BCUT2D eigenvalue weighted by molar-refractivity contribution is 0.183. The zero-order chi connectivity index (χ0) is 13.4. The van der Waals surface area contributed by atoms with Crippen LogP contribution in [0.3, 0.4) is 0 Å². The lowest BCUT2D eigenvalue weighted by Crippen LogP contribution is -2.47. The fraction of sp³-hybridized carbons (Fsp3) is 0.933. The number of rotatable bonds is 6. The minimum absolute atomic E-state index is 0.117. The van der Waals surface area contributed by atoms with Crippen LogP contribution in [0.5, 0.6) is 0 Å². The molecule has 0 aromatic carbocycles. The molecule has 1 aliphatic carbocycles. The van der Waals surface area contributed by atoms with Gasteiger partial charge in [-0.15, -0.1) is 0 Å². The van der Waals surface area contributed by atoms with Gasteiger partial charge < -0.3 is 10.2 Å². The first-order valence-electron chi connectivity index (χ1n) is 7.68. The Morgan fingerprint density at radius 1 is 1.28 bits per heavy atom. The van der Waals surface area contributed by atoms with Crippen LogP contribution in [0.15, 0.2) is 0 Å². The maximum atomic E-state index is 12.1. The van der Waals surface area contributed by atoms with Gasteiger partial charge in [-0.2, -0.15) is 0 Å². The van der Waals surface area contributed by atoms with Crippen LogP contribution >= 0.6 is 0 Å². The second-order valence-electron chi connectivity index (χ2n) is 5.74. The van der Waals surface area contributed by atoms with Crippen LogP contribution in [0, 0.1) is 0 Å². The third-order valence-electron chi connectivity index (χ3n) is 4.14. The van der Waals surface area contributed by atoms with Crippen LogP contribution in [0.4, 0.5) is 4.79 Å². The van der Waals surface area contributed by atoms with Crippen molar-refractivity contribution in [2.45, 2.75) is 83.7 Å². The number of carbonyl (C=O) groups excluding carboxylic acids is 1. The monoisotopic (exact) mass is 254 g/mol. The summed E-state index contributed by atoms with van der Waals surface area (Å²) < 4.78 is 0. The molecule has 0 bridgehead atoms. The lowest BCUT2D eigenvalue weighted by atomic mass is 9.96. The van der Waals surface area contributed by atoms with Gasteiger partial charge in [0.15, 0.2) is 0 Å². The Morgan fingerprint density at radius 3 is 2.56 bits per heavy atom. The molecule has 1 atom stereocenters. The average molecular weight is 254 g/mol. The predicted octanol–water partition coefficient (Wildman–Crippen LogP) is 3.93. The molecule has 0 spiro atoms. The third-order valence-corrected chi connectivity index (χ3v) is 4.14. The van der Waals surface area contributed by atoms with Crippen molar-refractivity contribution in [2.24, 2.45) is 0 Å². The lowest BCUT2D eigenvalue weighted by Gasteiger charge is -2.29. The van der Waals surface area contributed by atoms with Gasteiger partial charge in [0.2, 0.25) is 0 Å². The Kier molecular flexibility index (Phi) is 7.14. The van der Waals surface area contributed by atoms with E-state index in [2.05, 4.69) is 19.2 Å². The first-order chi connectivity index (χ1) is 8.65. The minimum atomic E-state index is 0.117. The van der Waals surface area contributed by atoms with Crippen molar-refractivity contribution in [2.75, 3.05) is 7.05 Å². The normalized spacial score (nSPS) is 18.4. The molecule has 3 heteroatoms. The largest absolute Gasteiger partial charge is 0.335 e. The highest BCUT2D eigenvalue weighted by Crippen LogP contribution is 2.18. The predicted molar refractivity (Wildman–Crippen MR) is 76.8 cm³/mol. The van der Waals surface area contributed by atoms with Crippen LogP contribution in [-0.2, 0) is 0 Å². The van der Waals surface area contributed by atoms with Gasteiger partial charge in [-0.25, -0.2) is 4.79 Å². The Bertz CT molecular complexity index is 237. The number of hydrogen-bond acceptors (Lipinski definition) is 1. The van der Waals surface area contributed by atoms with Crippen LogP contribution in [0.25, 0.3) is 0 Å². The molecule has 3 nitrogen and oxygen atoms in total. The molecule has 106 valence electrons. The van der Waals surface area contributed by atoms with E-state index in [4.69, 9.17) is 0 Å². The van der Waals surface area contributed by atoms with Crippen molar-refractivity contribution < 1.29 is 4.79 Å². The summed E-state index contributed by atoms with van der Waals surface area (Å²) in [5.41, 5.74) is 0. The summed E-state index contributed by atoms with van der Waals surface area (Å²) in [5.74, 6) is 0. The van der Waals surface area contributed by atoms with Crippen molar-refractivity contribution in [1.29, 1.82) is 0 Å². The molecule has 0 aromatic heterocycles. The molecule has 1 rings (SSSR count). The summed E-state index contributed by atoms with van der Waals surface area (Å²) in [6.07, 6.45) is 11.0. The van der Waals surface area contributed by atoms with Crippen molar-refractivity contribution >= 4 is 6.03 Å². The Balaban J connectivity index is 2.25. The zero-order valence-corrected chi connectivity index (χ0v) is 12.4. The summed E-state index contributed by atoms with van der Waals surface area (Å²) in [5, 5.41) is 3.18. The number of unbranched alkanes of at least 4 members (excludes halogenated alkanes) is 2. The van der Waals surface area contributed by atoms with Gasteiger partial charge in [0, 0.05) is 19.1 Å². The number of hydrogen-bond donors (Lipinski definition) is 1. The van der Waals surface area contributed by atoms with Crippen molar-refractivity contribution in [1.82, 2.24) is 10.2 Å². The topological polar surface area (TPSA) is 32.3 Å².